The van der Waals surface area contributed by atoms with Gasteiger partial charge in [-0.05, 0) is 109 Å². The molecule has 0 aromatic heterocycles. The SMILES string of the molecule is CC(C)[C@H](NC(=O)[C@H](CC(=O)OCc1ccccc1)NC(=O)CNC(=O)[C@H](CCCN=C(N)N[N+](=O)[O-])NC(=O)CCC(=O)O[C@H]1CC[C@H]2[C@@H]3CCc4cc(O)ccc4[C@H]3CC[C@]12C)C(=O)OCc1ccccc1. The van der Waals surface area contributed by atoms with Gasteiger partial charge in [0.05, 0.1) is 19.4 Å². The number of benzene rings is 3. The van der Waals surface area contributed by atoms with Crippen LogP contribution in [-0.2, 0) is 67.4 Å². The van der Waals surface area contributed by atoms with Crippen molar-refractivity contribution in [2.45, 2.75) is 135 Å². The Morgan fingerprint density at radius 1 is 0.824 bits per heavy atom. The molecule has 0 saturated heterocycles. The second-order valence-corrected chi connectivity index (χ2v) is 19.8. The van der Waals surface area contributed by atoms with Gasteiger partial charge in [-0.3, -0.25) is 28.8 Å². The molecule has 0 radical (unpaired) electrons. The van der Waals surface area contributed by atoms with E-state index in [1.807, 2.05) is 18.2 Å². The van der Waals surface area contributed by atoms with Gasteiger partial charge < -0.3 is 46.3 Å². The van der Waals surface area contributed by atoms with Crippen LogP contribution in [0.4, 0.5) is 0 Å². The molecule has 4 amide bonds. The number of fused-ring (bicyclic) bond motifs is 5. The van der Waals surface area contributed by atoms with Gasteiger partial charge in [-0.15, -0.1) is 0 Å². The quantitative estimate of drug-likeness (QED) is 0.0127. The maximum Gasteiger partial charge on any atom is 0.329 e. The Kier molecular flexibility index (Phi) is 19.9. The maximum atomic E-state index is 13.8. The number of nitrogens with one attached hydrogen (secondary N) is 5. The van der Waals surface area contributed by atoms with Gasteiger partial charge in [0.2, 0.25) is 23.6 Å². The summed E-state index contributed by atoms with van der Waals surface area (Å²) in [5.41, 5.74) is 10.9. The number of hydrazine groups is 1. The summed E-state index contributed by atoms with van der Waals surface area (Å²) in [6.07, 6.45) is 3.74. The van der Waals surface area contributed by atoms with Gasteiger partial charge in [0, 0.05) is 18.4 Å². The van der Waals surface area contributed by atoms with E-state index in [0.717, 1.165) is 32.1 Å². The number of carbonyl (C=O) groups is 7. The van der Waals surface area contributed by atoms with E-state index in [0.29, 0.717) is 35.3 Å². The van der Waals surface area contributed by atoms with Crippen LogP contribution in [0, 0.1) is 33.3 Å². The van der Waals surface area contributed by atoms with Crippen LogP contribution >= 0.6 is 0 Å². The fourth-order valence-corrected chi connectivity index (χ4v) is 10.6. The lowest BCUT2D eigenvalue weighted by Crippen LogP contribution is -2.55. The summed E-state index contributed by atoms with van der Waals surface area (Å²) in [4.78, 5) is 109. The van der Waals surface area contributed by atoms with Crippen molar-refractivity contribution in [2.24, 2.45) is 33.9 Å². The van der Waals surface area contributed by atoms with Gasteiger partial charge in [0.15, 0.2) is 5.03 Å². The van der Waals surface area contributed by atoms with Crippen molar-refractivity contribution in [3.8, 4) is 5.75 Å². The molecule has 74 heavy (non-hydrogen) atoms. The highest BCUT2D eigenvalue weighted by Gasteiger charge is 2.56. The van der Waals surface area contributed by atoms with Crippen molar-refractivity contribution in [3.05, 3.63) is 111 Å². The van der Waals surface area contributed by atoms with E-state index in [-0.39, 0.29) is 62.7 Å². The molecule has 8 N–H and O–H groups in total. The van der Waals surface area contributed by atoms with Crippen molar-refractivity contribution in [1.82, 2.24) is 26.7 Å². The number of rotatable bonds is 24. The molecule has 2 saturated carbocycles. The number of nitrogens with zero attached hydrogens (tertiary/aromatic N) is 2. The standard InChI is InChI=1S/C53H68N8O13/c1-32(2)48(51(69)73-31-34-13-8-5-9-14-34)59-50(68)42(28-47(66)72-30-33-11-6-4-7-12-33)58-45(64)29-56-49(67)41(15-10-26-55-52(54)60-61(70)71)57-44(63)22-23-46(65)74-43-21-20-40-39-18-16-35-27-36(62)17-19-37(35)38(39)24-25-53(40,43)3/h4-9,11-14,17,19,27,32,38-43,48,62H,10,15-16,18,20-26,28-31H2,1-3H3,(H,56,67)(H,57,63)(H,58,64)(H,59,68)(H3,54,55,60)/t38-,39-,40+,41+,42+,43+,48+,53+/m1/s1. The van der Waals surface area contributed by atoms with Crippen LogP contribution in [0.3, 0.4) is 0 Å². The lowest BCUT2D eigenvalue weighted by atomic mass is 9.55. The summed E-state index contributed by atoms with van der Waals surface area (Å²) in [5.74, 6) is -4.99. The summed E-state index contributed by atoms with van der Waals surface area (Å²) in [7, 11) is 0. The lowest BCUT2D eigenvalue weighted by Gasteiger charge is -2.50. The zero-order chi connectivity index (χ0) is 53.4. The van der Waals surface area contributed by atoms with Gasteiger partial charge in [-0.2, -0.15) is 0 Å². The summed E-state index contributed by atoms with van der Waals surface area (Å²) in [5, 5.41) is 30.0. The van der Waals surface area contributed by atoms with Crippen LogP contribution in [0.2, 0.25) is 0 Å². The van der Waals surface area contributed by atoms with Crippen molar-refractivity contribution in [2.75, 3.05) is 13.1 Å². The Hall–Kier alpha value is -7.58. The molecule has 3 aliphatic rings. The highest BCUT2D eigenvalue weighted by atomic mass is 16.7. The number of esters is 3. The number of guanidine groups is 1. The first-order valence-corrected chi connectivity index (χ1v) is 25.2. The molecule has 0 spiro atoms. The number of nitrogens with two attached hydrogens (primary N) is 1. The summed E-state index contributed by atoms with van der Waals surface area (Å²) >= 11 is 0. The largest absolute Gasteiger partial charge is 0.508 e. The third kappa shape index (κ3) is 15.7. The molecule has 3 aromatic rings. The molecule has 0 heterocycles. The average Bonchev–Trinajstić information content (AvgIpc) is 3.71. The fraction of sp³-hybridized carbons (Fsp3) is 0.509. The van der Waals surface area contributed by atoms with Crippen molar-refractivity contribution in [3.63, 3.8) is 0 Å². The molecule has 21 heteroatoms. The van der Waals surface area contributed by atoms with Crippen LogP contribution in [0.5, 0.6) is 5.75 Å². The van der Waals surface area contributed by atoms with Crippen molar-refractivity contribution >= 4 is 47.5 Å². The first-order valence-electron chi connectivity index (χ1n) is 25.2. The zero-order valence-electron chi connectivity index (χ0n) is 42.0. The van der Waals surface area contributed by atoms with E-state index >= 15 is 0 Å². The molecule has 0 aliphatic heterocycles. The number of amides is 4. The molecule has 3 aliphatic carbocycles. The average molecular weight is 1030 g/mol. The topological polar surface area (TPSA) is 309 Å². The molecule has 0 bridgehead atoms. The number of nitro groups is 1. The monoisotopic (exact) mass is 1020 g/mol. The minimum absolute atomic E-state index is 0.0643. The summed E-state index contributed by atoms with van der Waals surface area (Å²) in [6, 6.07) is 19.3. The minimum Gasteiger partial charge on any atom is -0.508 e. The molecular formula is C53H68N8O13. The number of aryl methyl sites for hydroxylation is 1. The summed E-state index contributed by atoms with van der Waals surface area (Å²) < 4.78 is 17.0. The Morgan fingerprint density at radius 2 is 1.50 bits per heavy atom. The van der Waals surface area contributed by atoms with Crippen LogP contribution in [0.25, 0.3) is 0 Å². The lowest BCUT2D eigenvalue weighted by molar-refractivity contribution is -0.525. The predicted octanol–water partition coefficient (Wildman–Crippen LogP) is 3.92. The first kappa shape index (κ1) is 55.7. The molecule has 3 aromatic carbocycles. The van der Waals surface area contributed by atoms with E-state index in [9.17, 15) is 48.8 Å². The minimum atomic E-state index is -1.58. The van der Waals surface area contributed by atoms with E-state index < -0.39 is 89.5 Å². The van der Waals surface area contributed by atoms with E-state index in [2.05, 4.69) is 33.2 Å². The smallest absolute Gasteiger partial charge is 0.329 e. The van der Waals surface area contributed by atoms with Gasteiger partial charge in [-0.1, -0.05) is 92.9 Å². The Labute approximate surface area is 429 Å². The van der Waals surface area contributed by atoms with Gasteiger partial charge >= 0.3 is 17.9 Å². The van der Waals surface area contributed by atoms with Gasteiger partial charge in [0.25, 0.3) is 5.96 Å². The number of phenols is 1. The Bertz CT molecular complexity index is 2510. The van der Waals surface area contributed by atoms with E-state index in [1.165, 1.54) is 11.1 Å². The normalized spacial score (nSPS) is 20.9. The fourth-order valence-electron chi connectivity index (χ4n) is 10.6. The third-order valence-electron chi connectivity index (χ3n) is 14.4. The number of hydrogen-bond acceptors (Lipinski definition) is 14. The number of ether oxygens (including phenoxy) is 3. The Balaban J connectivity index is 1.05. The number of hydrogen-bond donors (Lipinski definition) is 7. The summed E-state index contributed by atoms with van der Waals surface area (Å²) in [6.45, 7) is 4.54. The maximum absolute atomic E-state index is 13.8. The highest BCUT2D eigenvalue weighted by Crippen LogP contribution is 2.61. The van der Waals surface area contributed by atoms with Crippen molar-refractivity contribution in [1.29, 1.82) is 0 Å². The zero-order valence-corrected chi connectivity index (χ0v) is 42.0. The van der Waals surface area contributed by atoms with Crippen LogP contribution in [0.15, 0.2) is 83.9 Å². The second-order valence-electron chi connectivity index (χ2n) is 19.8. The van der Waals surface area contributed by atoms with Crippen LogP contribution in [-0.4, -0.2) is 95.0 Å². The van der Waals surface area contributed by atoms with Gasteiger partial charge in [-0.25, -0.2) is 19.9 Å². The third-order valence-corrected chi connectivity index (χ3v) is 14.4. The van der Waals surface area contributed by atoms with Crippen LogP contribution < -0.4 is 32.4 Å². The molecule has 8 atom stereocenters. The number of phenolic OH excluding ortho intramolecular Hbond substituents is 1. The number of carbonyl (C=O) groups excluding carboxylic acids is 7. The van der Waals surface area contributed by atoms with Gasteiger partial charge in [0.1, 0.15) is 43.2 Å². The molecular weight excluding hydrogens is 957 g/mol. The molecule has 2 fully saturated rings. The molecule has 6 rings (SSSR count). The second kappa shape index (κ2) is 26.4. The van der Waals surface area contributed by atoms with Crippen LogP contribution in [0.1, 0.15) is 113 Å². The first-order chi connectivity index (χ1) is 35.4. The molecule has 0 unspecified atom stereocenters. The van der Waals surface area contributed by atoms with E-state index in [4.69, 9.17) is 19.9 Å². The van der Waals surface area contributed by atoms with E-state index in [1.54, 1.807) is 79.9 Å². The number of aliphatic imine (C=N–C) groups is 1. The predicted molar refractivity (Wildman–Crippen MR) is 268 cm³/mol. The molecule has 21 nitrogen and oxygen atoms in total. The Morgan fingerprint density at radius 3 is 2.18 bits per heavy atom. The number of aromatic hydroxyl groups is 1. The van der Waals surface area contributed by atoms with Crippen molar-refractivity contribution < 1.29 is 57.9 Å². The highest BCUT2D eigenvalue weighted by molar-refractivity contribution is 5.95. The molecule has 398 valence electrons.